The summed E-state index contributed by atoms with van der Waals surface area (Å²) < 4.78 is 42.6. The lowest BCUT2D eigenvalue weighted by Crippen LogP contribution is -2.48. The molecule has 110 valence electrons. The first kappa shape index (κ1) is 15.0. The van der Waals surface area contributed by atoms with Gasteiger partial charge in [-0.05, 0) is 19.1 Å². The van der Waals surface area contributed by atoms with Crippen molar-refractivity contribution in [2.75, 3.05) is 13.2 Å². The third-order valence-electron chi connectivity index (χ3n) is 3.17. The Kier molecular flexibility index (Phi) is 4.45. The van der Waals surface area contributed by atoms with Crippen molar-refractivity contribution in [2.24, 2.45) is 0 Å². The molecular formula is C14H16F3NO2. The molecule has 0 saturated carbocycles. The molecule has 0 amide bonds. The molecule has 20 heavy (non-hydrogen) atoms. The number of ketones is 1. The number of Topliss-reactive ketones (excluding diaryl/α,β-unsaturated/α-hetero) is 1. The number of alkyl halides is 3. The molecule has 0 radical (unpaired) electrons. The second-order valence-corrected chi connectivity index (χ2v) is 5.00. The van der Waals surface area contributed by atoms with Gasteiger partial charge in [-0.3, -0.25) is 4.79 Å². The third kappa shape index (κ3) is 3.80. The number of rotatable bonds is 3. The Balaban J connectivity index is 1.99. The lowest BCUT2D eigenvalue weighted by atomic mass is 10.0. The highest BCUT2D eigenvalue weighted by Crippen LogP contribution is 2.29. The average molecular weight is 287 g/mol. The van der Waals surface area contributed by atoms with Crippen LogP contribution in [-0.4, -0.2) is 31.1 Å². The summed E-state index contributed by atoms with van der Waals surface area (Å²) in [6.45, 7) is 3.00. The molecule has 1 aliphatic heterocycles. The van der Waals surface area contributed by atoms with Crippen LogP contribution in [0.2, 0.25) is 0 Å². The Bertz CT molecular complexity index is 470. The summed E-state index contributed by atoms with van der Waals surface area (Å²) >= 11 is 0. The number of ether oxygens (including phenoxy) is 1. The van der Waals surface area contributed by atoms with Crippen LogP contribution in [0.5, 0.6) is 0 Å². The normalized spacial score (nSPS) is 23.6. The first-order valence-corrected chi connectivity index (χ1v) is 6.40. The smallest absolute Gasteiger partial charge is 0.378 e. The monoisotopic (exact) mass is 287 g/mol. The van der Waals surface area contributed by atoms with E-state index in [1.165, 1.54) is 12.1 Å². The van der Waals surface area contributed by atoms with Crippen LogP contribution in [0.25, 0.3) is 0 Å². The van der Waals surface area contributed by atoms with Crippen molar-refractivity contribution in [2.45, 2.75) is 31.6 Å². The number of carbonyl (C=O) groups excluding carboxylic acids is 1. The van der Waals surface area contributed by atoms with Gasteiger partial charge in [-0.1, -0.05) is 12.1 Å². The molecule has 6 heteroatoms. The Morgan fingerprint density at radius 3 is 2.50 bits per heavy atom. The molecule has 1 heterocycles. The van der Waals surface area contributed by atoms with Crippen LogP contribution in [0.4, 0.5) is 13.2 Å². The fourth-order valence-electron chi connectivity index (χ4n) is 2.19. The van der Waals surface area contributed by atoms with Gasteiger partial charge in [0.1, 0.15) is 0 Å². The van der Waals surface area contributed by atoms with E-state index < -0.39 is 11.7 Å². The lowest BCUT2D eigenvalue weighted by molar-refractivity contribution is -0.137. The summed E-state index contributed by atoms with van der Waals surface area (Å²) in [5.41, 5.74) is -0.458. The highest BCUT2D eigenvalue weighted by molar-refractivity contribution is 5.96. The SMILES string of the molecule is CC1COCC(CC(=O)c2ccc(C(F)(F)F)cc2)N1. The first-order chi connectivity index (χ1) is 9.36. The highest BCUT2D eigenvalue weighted by atomic mass is 19.4. The van der Waals surface area contributed by atoms with Crippen LogP contribution >= 0.6 is 0 Å². The van der Waals surface area contributed by atoms with E-state index in [9.17, 15) is 18.0 Å². The van der Waals surface area contributed by atoms with Gasteiger partial charge in [0.25, 0.3) is 0 Å². The quantitative estimate of drug-likeness (QED) is 0.869. The van der Waals surface area contributed by atoms with E-state index >= 15 is 0 Å². The van der Waals surface area contributed by atoms with Crippen molar-refractivity contribution in [3.05, 3.63) is 35.4 Å². The maximum atomic E-state index is 12.4. The van der Waals surface area contributed by atoms with Crippen LogP contribution in [0.3, 0.4) is 0 Å². The molecule has 1 aliphatic rings. The molecule has 0 aliphatic carbocycles. The van der Waals surface area contributed by atoms with E-state index in [0.717, 1.165) is 12.1 Å². The molecule has 1 N–H and O–H groups in total. The predicted octanol–water partition coefficient (Wildman–Crippen LogP) is 2.66. The summed E-state index contributed by atoms with van der Waals surface area (Å²) in [5, 5.41) is 3.23. The first-order valence-electron chi connectivity index (χ1n) is 6.40. The number of carbonyl (C=O) groups is 1. The van der Waals surface area contributed by atoms with Gasteiger partial charge < -0.3 is 10.1 Å². The molecular weight excluding hydrogens is 271 g/mol. The number of hydrogen-bond donors (Lipinski definition) is 1. The van der Waals surface area contributed by atoms with Gasteiger partial charge in [0, 0.05) is 24.1 Å². The Hall–Kier alpha value is -1.40. The lowest BCUT2D eigenvalue weighted by Gasteiger charge is -2.28. The zero-order chi connectivity index (χ0) is 14.8. The van der Waals surface area contributed by atoms with Crippen LogP contribution < -0.4 is 5.32 Å². The van der Waals surface area contributed by atoms with E-state index in [4.69, 9.17) is 4.74 Å². The van der Waals surface area contributed by atoms with Crippen LogP contribution in [0.1, 0.15) is 29.3 Å². The van der Waals surface area contributed by atoms with Crippen molar-refractivity contribution >= 4 is 5.78 Å². The molecule has 1 fully saturated rings. The number of benzene rings is 1. The van der Waals surface area contributed by atoms with Gasteiger partial charge in [0.15, 0.2) is 5.78 Å². The van der Waals surface area contributed by atoms with Gasteiger partial charge >= 0.3 is 6.18 Å². The standard InChI is InChI=1S/C14H16F3NO2/c1-9-7-20-8-12(18-9)6-13(19)10-2-4-11(5-3-10)14(15,16)17/h2-5,9,12,18H,6-8H2,1H3. The number of nitrogens with one attached hydrogen (secondary N) is 1. The summed E-state index contributed by atoms with van der Waals surface area (Å²) in [5.74, 6) is -0.186. The van der Waals surface area contributed by atoms with Crippen LogP contribution in [0.15, 0.2) is 24.3 Å². The van der Waals surface area contributed by atoms with Gasteiger partial charge in [-0.25, -0.2) is 0 Å². The minimum Gasteiger partial charge on any atom is -0.378 e. The molecule has 2 atom stereocenters. The minimum absolute atomic E-state index is 0.0893. The maximum Gasteiger partial charge on any atom is 0.416 e. The second kappa shape index (κ2) is 5.93. The third-order valence-corrected chi connectivity index (χ3v) is 3.17. The Morgan fingerprint density at radius 2 is 1.95 bits per heavy atom. The molecule has 0 spiro atoms. The largest absolute Gasteiger partial charge is 0.416 e. The van der Waals surface area contributed by atoms with E-state index in [-0.39, 0.29) is 29.9 Å². The molecule has 2 rings (SSSR count). The molecule has 1 saturated heterocycles. The summed E-state index contributed by atoms with van der Waals surface area (Å²) in [6.07, 6.45) is -4.16. The van der Waals surface area contributed by atoms with E-state index in [1.54, 1.807) is 0 Å². The molecule has 0 aromatic heterocycles. The van der Waals surface area contributed by atoms with E-state index in [1.807, 2.05) is 6.92 Å². The predicted molar refractivity (Wildman–Crippen MR) is 67.6 cm³/mol. The molecule has 2 unspecified atom stereocenters. The van der Waals surface area contributed by atoms with Gasteiger partial charge in [0.2, 0.25) is 0 Å². The highest BCUT2D eigenvalue weighted by Gasteiger charge is 2.30. The van der Waals surface area contributed by atoms with Gasteiger partial charge in [-0.15, -0.1) is 0 Å². The Morgan fingerprint density at radius 1 is 1.30 bits per heavy atom. The van der Waals surface area contributed by atoms with Crippen molar-refractivity contribution in [3.8, 4) is 0 Å². The summed E-state index contributed by atoms with van der Waals surface area (Å²) in [6, 6.07) is 4.39. The molecule has 1 aromatic rings. The van der Waals surface area contributed by atoms with E-state index in [0.29, 0.717) is 13.2 Å². The average Bonchev–Trinajstić information content (AvgIpc) is 2.38. The van der Waals surface area contributed by atoms with Crippen molar-refractivity contribution in [3.63, 3.8) is 0 Å². The molecule has 0 bridgehead atoms. The number of hydrogen-bond acceptors (Lipinski definition) is 3. The fourth-order valence-corrected chi connectivity index (χ4v) is 2.19. The number of halogens is 3. The zero-order valence-electron chi connectivity index (χ0n) is 11.0. The Labute approximate surface area is 115 Å². The van der Waals surface area contributed by atoms with Gasteiger partial charge in [-0.2, -0.15) is 13.2 Å². The molecule has 3 nitrogen and oxygen atoms in total. The topological polar surface area (TPSA) is 38.3 Å². The minimum atomic E-state index is -4.38. The zero-order valence-corrected chi connectivity index (χ0v) is 11.0. The van der Waals surface area contributed by atoms with Gasteiger partial charge in [0.05, 0.1) is 18.8 Å². The van der Waals surface area contributed by atoms with Crippen LogP contribution in [-0.2, 0) is 10.9 Å². The van der Waals surface area contributed by atoms with Crippen molar-refractivity contribution in [1.82, 2.24) is 5.32 Å². The summed E-state index contributed by atoms with van der Waals surface area (Å²) in [4.78, 5) is 12.0. The fraction of sp³-hybridized carbons (Fsp3) is 0.500. The molecule has 1 aromatic carbocycles. The second-order valence-electron chi connectivity index (χ2n) is 5.00. The van der Waals surface area contributed by atoms with Crippen LogP contribution in [0, 0.1) is 0 Å². The van der Waals surface area contributed by atoms with E-state index in [2.05, 4.69) is 5.32 Å². The number of morpholine rings is 1. The maximum absolute atomic E-state index is 12.4. The van der Waals surface area contributed by atoms with Crippen molar-refractivity contribution in [1.29, 1.82) is 0 Å². The van der Waals surface area contributed by atoms with Crippen molar-refractivity contribution < 1.29 is 22.7 Å². The summed E-state index contributed by atoms with van der Waals surface area (Å²) in [7, 11) is 0.